The quantitative estimate of drug-likeness (QED) is 0.701. The number of aryl methyl sites for hydroxylation is 2. The summed E-state index contributed by atoms with van der Waals surface area (Å²) in [5, 5.41) is 3.34. The monoisotopic (exact) mass is 420 g/mol. The number of ether oxygens (including phenoxy) is 1. The zero-order chi connectivity index (χ0) is 21.6. The normalized spacial score (nSPS) is 11.7. The van der Waals surface area contributed by atoms with E-state index < -0.39 is 17.8 Å². The number of halogens is 2. The number of carbonyl (C=O) groups is 2. The standard InChI is InChI=1S/C22H26ClFN2O3/c1-5-25-22(28)16(4)26(12-17-8-6-7-9-19(17)24)20(27)13-29-18-10-14(2)21(23)15(3)11-18/h6-11,16H,5,12-13H2,1-4H3,(H,25,28). The van der Waals surface area contributed by atoms with Gasteiger partial charge in [-0.1, -0.05) is 29.8 Å². The Morgan fingerprint density at radius 1 is 1.21 bits per heavy atom. The fourth-order valence-corrected chi connectivity index (χ4v) is 3.04. The van der Waals surface area contributed by atoms with Crippen LogP contribution in [-0.2, 0) is 16.1 Å². The van der Waals surface area contributed by atoms with Crippen LogP contribution in [0.4, 0.5) is 4.39 Å². The van der Waals surface area contributed by atoms with E-state index >= 15 is 0 Å². The molecule has 0 aliphatic rings. The highest BCUT2D eigenvalue weighted by Crippen LogP contribution is 2.26. The Balaban J connectivity index is 2.19. The number of rotatable bonds is 8. The molecule has 0 radical (unpaired) electrons. The molecule has 0 fully saturated rings. The van der Waals surface area contributed by atoms with Crippen molar-refractivity contribution in [3.05, 3.63) is 63.9 Å². The summed E-state index contributed by atoms with van der Waals surface area (Å²) < 4.78 is 19.8. The van der Waals surface area contributed by atoms with E-state index in [1.807, 2.05) is 13.8 Å². The Labute approximate surface area is 175 Å². The second-order valence-corrected chi connectivity index (χ2v) is 7.22. The highest BCUT2D eigenvalue weighted by atomic mass is 35.5. The van der Waals surface area contributed by atoms with Crippen LogP contribution in [0.15, 0.2) is 36.4 Å². The number of hydrogen-bond acceptors (Lipinski definition) is 3. The molecule has 156 valence electrons. The topological polar surface area (TPSA) is 58.6 Å². The molecular weight excluding hydrogens is 395 g/mol. The van der Waals surface area contributed by atoms with E-state index in [2.05, 4.69) is 5.32 Å². The maximum absolute atomic E-state index is 14.1. The van der Waals surface area contributed by atoms with Crippen LogP contribution in [0.3, 0.4) is 0 Å². The molecule has 0 aliphatic carbocycles. The van der Waals surface area contributed by atoms with E-state index in [1.165, 1.54) is 11.0 Å². The van der Waals surface area contributed by atoms with Crippen molar-refractivity contribution >= 4 is 23.4 Å². The Morgan fingerprint density at radius 3 is 2.41 bits per heavy atom. The van der Waals surface area contributed by atoms with Gasteiger partial charge >= 0.3 is 0 Å². The molecule has 2 amide bonds. The van der Waals surface area contributed by atoms with Gasteiger partial charge in [-0.05, 0) is 57.0 Å². The lowest BCUT2D eigenvalue weighted by Crippen LogP contribution is -2.49. The summed E-state index contributed by atoms with van der Waals surface area (Å²) in [5.41, 5.74) is 2.01. The minimum Gasteiger partial charge on any atom is -0.484 e. The van der Waals surface area contributed by atoms with E-state index in [0.29, 0.717) is 22.9 Å². The second kappa shape index (κ2) is 10.3. The van der Waals surface area contributed by atoms with Crippen LogP contribution >= 0.6 is 11.6 Å². The Kier molecular flexibility index (Phi) is 8.02. The van der Waals surface area contributed by atoms with E-state index in [4.69, 9.17) is 16.3 Å². The largest absolute Gasteiger partial charge is 0.484 e. The molecule has 2 aromatic carbocycles. The molecule has 1 atom stereocenters. The van der Waals surface area contributed by atoms with E-state index in [9.17, 15) is 14.0 Å². The van der Waals surface area contributed by atoms with E-state index in [0.717, 1.165) is 11.1 Å². The van der Waals surface area contributed by atoms with Gasteiger partial charge in [0.05, 0.1) is 0 Å². The first-order valence-corrected chi connectivity index (χ1v) is 9.82. The molecule has 1 unspecified atom stereocenters. The first kappa shape index (κ1) is 22.7. The SMILES string of the molecule is CCNC(=O)C(C)N(Cc1ccccc1F)C(=O)COc1cc(C)c(Cl)c(C)c1. The summed E-state index contributed by atoms with van der Waals surface area (Å²) in [6, 6.07) is 8.89. The van der Waals surface area contributed by atoms with Crippen LogP contribution in [0.1, 0.15) is 30.5 Å². The summed E-state index contributed by atoms with van der Waals surface area (Å²) in [4.78, 5) is 26.5. The molecule has 0 aromatic heterocycles. The summed E-state index contributed by atoms with van der Waals surface area (Å²) in [7, 11) is 0. The summed E-state index contributed by atoms with van der Waals surface area (Å²) >= 11 is 6.16. The van der Waals surface area contributed by atoms with Gasteiger partial charge in [-0.2, -0.15) is 0 Å². The zero-order valence-corrected chi connectivity index (χ0v) is 17.8. The molecule has 0 bridgehead atoms. The third-order valence-corrected chi connectivity index (χ3v) is 5.19. The van der Waals surface area contributed by atoms with Crippen LogP contribution in [0.25, 0.3) is 0 Å². The van der Waals surface area contributed by atoms with Gasteiger partial charge in [0, 0.05) is 23.7 Å². The van der Waals surface area contributed by atoms with Crippen molar-refractivity contribution in [2.45, 2.75) is 40.3 Å². The van der Waals surface area contributed by atoms with Gasteiger partial charge in [0.25, 0.3) is 5.91 Å². The Morgan fingerprint density at radius 2 is 1.83 bits per heavy atom. The van der Waals surface area contributed by atoms with E-state index in [-0.39, 0.29) is 19.1 Å². The lowest BCUT2D eigenvalue weighted by atomic mass is 10.1. The minimum absolute atomic E-state index is 0.0359. The highest BCUT2D eigenvalue weighted by molar-refractivity contribution is 6.32. The number of carbonyl (C=O) groups excluding carboxylic acids is 2. The molecule has 7 heteroatoms. The molecule has 5 nitrogen and oxygen atoms in total. The van der Waals surface area contributed by atoms with Gasteiger partial charge in [-0.15, -0.1) is 0 Å². The molecule has 1 N–H and O–H groups in total. The minimum atomic E-state index is -0.778. The van der Waals surface area contributed by atoms with Gasteiger partial charge in [-0.25, -0.2) is 4.39 Å². The van der Waals surface area contributed by atoms with Gasteiger partial charge in [0.2, 0.25) is 5.91 Å². The predicted octanol–water partition coefficient (Wildman–Crippen LogP) is 4.03. The fraction of sp³-hybridized carbons (Fsp3) is 0.364. The lowest BCUT2D eigenvalue weighted by Gasteiger charge is -2.28. The number of benzene rings is 2. The van der Waals surface area contributed by atoms with Crippen LogP contribution in [-0.4, -0.2) is 35.9 Å². The Bertz CT molecular complexity index is 865. The number of amides is 2. The van der Waals surface area contributed by atoms with Crippen molar-refractivity contribution < 1.29 is 18.7 Å². The third kappa shape index (κ3) is 5.94. The summed E-state index contributed by atoms with van der Waals surface area (Å²) in [5.74, 6) is -0.653. The maximum Gasteiger partial charge on any atom is 0.261 e. The van der Waals surface area contributed by atoms with Gasteiger partial charge in [-0.3, -0.25) is 9.59 Å². The molecule has 0 spiro atoms. The molecule has 0 aliphatic heterocycles. The first-order chi connectivity index (χ1) is 13.7. The summed E-state index contributed by atoms with van der Waals surface area (Å²) in [6.45, 7) is 7.23. The smallest absolute Gasteiger partial charge is 0.261 e. The van der Waals surface area contributed by atoms with Crippen molar-refractivity contribution in [1.29, 1.82) is 0 Å². The van der Waals surface area contributed by atoms with Crippen molar-refractivity contribution in [3.63, 3.8) is 0 Å². The van der Waals surface area contributed by atoms with Crippen molar-refractivity contribution in [3.8, 4) is 5.75 Å². The zero-order valence-electron chi connectivity index (χ0n) is 17.1. The van der Waals surface area contributed by atoms with Crippen LogP contribution in [0, 0.1) is 19.7 Å². The average Bonchev–Trinajstić information content (AvgIpc) is 2.69. The average molecular weight is 421 g/mol. The molecule has 0 saturated carbocycles. The predicted molar refractivity (Wildman–Crippen MR) is 112 cm³/mol. The number of nitrogens with zero attached hydrogens (tertiary/aromatic N) is 1. The molecule has 29 heavy (non-hydrogen) atoms. The van der Waals surface area contributed by atoms with Crippen molar-refractivity contribution in [2.24, 2.45) is 0 Å². The molecular formula is C22H26ClFN2O3. The van der Waals surface area contributed by atoms with Gasteiger partial charge in [0.15, 0.2) is 6.61 Å². The van der Waals surface area contributed by atoms with Crippen molar-refractivity contribution in [1.82, 2.24) is 10.2 Å². The highest BCUT2D eigenvalue weighted by Gasteiger charge is 2.27. The lowest BCUT2D eigenvalue weighted by molar-refractivity contribution is -0.142. The third-order valence-electron chi connectivity index (χ3n) is 4.59. The number of likely N-dealkylation sites (N-methyl/N-ethyl adjacent to an activating group) is 1. The molecule has 2 aromatic rings. The van der Waals surface area contributed by atoms with E-state index in [1.54, 1.807) is 44.2 Å². The fourth-order valence-electron chi connectivity index (χ4n) is 2.93. The molecule has 0 saturated heterocycles. The second-order valence-electron chi connectivity index (χ2n) is 6.84. The molecule has 2 rings (SSSR count). The number of nitrogens with one attached hydrogen (secondary N) is 1. The number of hydrogen-bond donors (Lipinski definition) is 1. The van der Waals surface area contributed by atoms with Gasteiger partial charge < -0.3 is 15.0 Å². The van der Waals surface area contributed by atoms with Crippen LogP contribution in [0.5, 0.6) is 5.75 Å². The van der Waals surface area contributed by atoms with Crippen LogP contribution in [0.2, 0.25) is 5.02 Å². The van der Waals surface area contributed by atoms with Gasteiger partial charge in [0.1, 0.15) is 17.6 Å². The summed E-state index contributed by atoms with van der Waals surface area (Å²) in [6.07, 6.45) is 0. The van der Waals surface area contributed by atoms with Crippen LogP contribution < -0.4 is 10.1 Å². The Hall–Kier alpha value is -2.60. The van der Waals surface area contributed by atoms with Crippen molar-refractivity contribution in [2.75, 3.05) is 13.2 Å². The molecule has 0 heterocycles. The maximum atomic E-state index is 14.1. The first-order valence-electron chi connectivity index (χ1n) is 9.44.